The van der Waals surface area contributed by atoms with Crippen LogP contribution in [-0.4, -0.2) is 9.97 Å². The normalized spacial score (nSPS) is 10.5. The van der Waals surface area contributed by atoms with Crippen molar-refractivity contribution in [2.45, 2.75) is 26.8 Å². The SMILES string of the molecule is CCc1ccc(Nc2nc(C)cc(NCc3ccc(Cl)cc3)n2)cc1. The fourth-order valence-electron chi connectivity index (χ4n) is 2.46. The molecular formula is C20H21ClN4. The Labute approximate surface area is 153 Å². The topological polar surface area (TPSA) is 49.8 Å². The molecule has 1 heterocycles. The van der Waals surface area contributed by atoms with Gasteiger partial charge >= 0.3 is 0 Å². The molecular weight excluding hydrogens is 332 g/mol. The van der Waals surface area contributed by atoms with Gasteiger partial charge in [0.15, 0.2) is 0 Å². The molecule has 5 heteroatoms. The van der Waals surface area contributed by atoms with E-state index in [-0.39, 0.29) is 0 Å². The number of aryl methyl sites for hydroxylation is 2. The summed E-state index contributed by atoms with van der Waals surface area (Å²) in [6.45, 7) is 4.78. The van der Waals surface area contributed by atoms with E-state index in [1.165, 1.54) is 5.56 Å². The van der Waals surface area contributed by atoms with Crippen LogP contribution in [0.2, 0.25) is 5.02 Å². The Morgan fingerprint density at radius 2 is 1.60 bits per heavy atom. The van der Waals surface area contributed by atoms with Crippen LogP contribution in [0.15, 0.2) is 54.6 Å². The Morgan fingerprint density at radius 3 is 2.28 bits per heavy atom. The minimum Gasteiger partial charge on any atom is -0.366 e. The third-order valence-corrected chi connectivity index (χ3v) is 4.11. The first-order valence-corrected chi connectivity index (χ1v) is 8.70. The Morgan fingerprint density at radius 1 is 0.920 bits per heavy atom. The molecule has 2 aromatic carbocycles. The number of halogens is 1. The van der Waals surface area contributed by atoms with Gasteiger partial charge in [-0.2, -0.15) is 4.98 Å². The van der Waals surface area contributed by atoms with Gasteiger partial charge in [-0.3, -0.25) is 0 Å². The highest BCUT2D eigenvalue weighted by Gasteiger charge is 2.03. The summed E-state index contributed by atoms with van der Waals surface area (Å²) >= 11 is 5.92. The van der Waals surface area contributed by atoms with Crippen LogP contribution in [0.1, 0.15) is 23.7 Å². The maximum Gasteiger partial charge on any atom is 0.229 e. The van der Waals surface area contributed by atoms with E-state index in [1.54, 1.807) is 0 Å². The maximum absolute atomic E-state index is 5.92. The van der Waals surface area contributed by atoms with Crippen molar-refractivity contribution < 1.29 is 0 Å². The fourth-order valence-corrected chi connectivity index (χ4v) is 2.59. The van der Waals surface area contributed by atoms with Gasteiger partial charge < -0.3 is 10.6 Å². The van der Waals surface area contributed by atoms with Crippen LogP contribution in [0.4, 0.5) is 17.5 Å². The summed E-state index contributed by atoms with van der Waals surface area (Å²) in [6, 6.07) is 18.0. The molecule has 0 aliphatic heterocycles. The summed E-state index contributed by atoms with van der Waals surface area (Å²) in [5.41, 5.74) is 4.33. The van der Waals surface area contributed by atoms with Gasteiger partial charge in [-0.1, -0.05) is 42.8 Å². The van der Waals surface area contributed by atoms with Gasteiger partial charge in [0.05, 0.1) is 0 Å². The van der Waals surface area contributed by atoms with Crippen LogP contribution >= 0.6 is 11.6 Å². The smallest absolute Gasteiger partial charge is 0.229 e. The summed E-state index contributed by atoms with van der Waals surface area (Å²) in [4.78, 5) is 9.00. The first-order valence-electron chi connectivity index (χ1n) is 8.32. The van der Waals surface area contributed by atoms with Crippen LogP contribution < -0.4 is 10.6 Å². The van der Waals surface area contributed by atoms with Gasteiger partial charge in [0.2, 0.25) is 5.95 Å². The van der Waals surface area contributed by atoms with Crippen molar-refractivity contribution in [3.63, 3.8) is 0 Å². The molecule has 0 bridgehead atoms. The van der Waals surface area contributed by atoms with Crippen molar-refractivity contribution in [1.82, 2.24) is 9.97 Å². The first kappa shape index (κ1) is 17.2. The summed E-state index contributed by atoms with van der Waals surface area (Å²) < 4.78 is 0. The Kier molecular flexibility index (Phi) is 5.51. The molecule has 0 saturated carbocycles. The molecule has 4 nitrogen and oxygen atoms in total. The fraction of sp³-hybridized carbons (Fsp3) is 0.200. The predicted octanol–water partition coefficient (Wildman–Crippen LogP) is 5.36. The van der Waals surface area contributed by atoms with E-state index in [1.807, 2.05) is 49.4 Å². The zero-order chi connectivity index (χ0) is 17.6. The van der Waals surface area contributed by atoms with E-state index < -0.39 is 0 Å². The van der Waals surface area contributed by atoms with E-state index in [4.69, 9.17) is 11.6 Å². The number of rotatable bonds is 6. The highest BCUT2D eigenvalue weighted by Crippen LogP contribution is 2.17. The summed E-state index contributed by atoms with van der Waals surface area (Å²) in [6.07, 6.45) is 1.03. The molecule has 128 valence electrons. The minimum atomic E-state index is 0.586. The summed E-state index contributed by atoms with van der Waals surface area (Å²) in [5, 5.41) is 7.33. The lowest BCUT2D eigenvalue weighted by Gasteiger charge is -2.10. The van der Waals surface area contributed by atoms with Gasteiger partial charge in [0.25, 0.3) is 0 Å². The van der Waals surface area contributed by atoms with Gasteiger partial charge in [0.1, 0.15) is 5.82 Å². The summed E-state index contributed by atoms with van der Waals surface area (Å²) in [7, 11) is 0. The van der Waals surface area contributed by atoms with E-state index in [0.717, 1.165) is 34.2 Å². The molecule has 3 aromatic rings. The van der Waals surface area contributed by atoms with Crippen molar-refractivity contribution >= 4 is 29.1 Å². The van der Waals surface area contributed by atoms with Crippen molar-refractivity contribution in [3.05, 3.63) is 76.4 Å². The third-order valence-electron chi connectivity index (χ3n) is 3.86. The van der Waals surface area contributed by atoms with Crippen molar-refractivity contribution in [1.29, 1.82) is 0 Å². The molecule has 0 atom stereocenters. The van der Waals surface area contributed by atoms with Crippen LogP contribution in [0.25, 0.3) is 0 Å². The zero-order valence-corrected chi connectivity index (χ0v) is 15.1. The largest absolute Gasteiger partial charge is 0.366 e. The molecule has 0 radical (unpaired) electrons. The molecule has 3 rings (SSSR count). The van der Waals surface area contributed by atoms with Gasteiger partial charge in [-0.25, -0.2) is 4.98 Å². The monoisotopic (exact) mass is 352 g/mol. The molecule has 0 spiro atoms. The molecule has 0 amide bonds. The number of hydrogen-bond donors (Lipinski definition) is 2. The number of hydrogen-bond acceptors (Lipinski definition) is 4. The van der Waals surface area contributed by atoms with E-state index in [2.05, 4.69) is 39.7 Å². The highest BCUT2D eigenvalue weighted by molar-refractivity contribution is 6.30. The predicted molar refractivity (Wildman–Crippen MR) is 105 cm³/mol. The molecule has 2 N–H and O–H groups in total. The van der Waals surface area contributed by atoms with Crippen LogP contribution in [0.3, 0.4) is 0 Å². The average molecular weight is 353 g/mol. The quantitative estimate of drug-likeness (QED) is 0.627. The molecule has 1 aromatic heterocycles. The second kappa shape index (κ2) is 7.99. The lowest BCUT2D eigenvalue weighted by molar-refractivity contribution is 1.06. The molecule has 0 aliphatic rings. The zero-order valence-electron chi connectivity index (χ0n) is 14.4. The minimum absolute atomic E-state index is 0.586. The van der Waals surface area contributed by atoms with E-state index >= 15 is 0 Å². The number of nitrogens with zero attached hydrogens (tertiary/aromatic N) is 2. The molecule has 0 saturated heterocycles. The average Bonchev–Trinajstić information content (AvgIpc) is 2.61. The van der Waals surface area contributed by atoms with Gasteiger partial charge in [-0.05, 0) is 48.7 Å². The molecule has 25 heavy (non-hydrogen) atoms. The lowest BCUT2D eigenvalue weighted by Crippen LogP contribution is -2.05. The Hall–Kier alpha value is -2.59. The highest BCUT2D eigenvalue weighted by atomic mass is 35.5. The van der Waals surface area contributed by atoms with Crippen molar-refractivity contribution in [3.8, 4) is 0 Å². The Bertz CT molecular complexity index is 829. The van der Waals surface area contributed by atoms with Crippen LogP contribution in [0.5, 0.6) is 0 Å². The number of nitrogens with one attached hydrogen (secondary N) is 2. The number of aromatic nitrogens is 2. The summed E-state index contributed by atoms with van der Waals surface area (Å²) in [5.74, 6) is 1.37. The van der Waals surface area contributed by atoms with Gasteiger partial charge in [-0.15, -0.1) is 0 Å². The molecule has 0 fully saturated rings. The van der Waals surface area contributed by atoms with Crippen molar-refractivity contribution in [2.24, 2.45) is 0 Å². The van der Waals surface area contributed by atoms with Gasteiger partial charge in [0, 0.05) is 29.0 Å². The Balaban J connectivity index is 1.69. The second-order valence-corrected chi connectivity index (χ2v) is 6.31. The van der Waals surface area contributed by atoms with E-state index in [0.29, 0.717) is 12.5 Å². The van der Waals surface area contributed by atoms with Crippen molar-refractivity contribution in [2.75, 3.05) is 10.6 Å². The second-order valence-electron chi connectivity index (χ2n) is 5.87. The lowest BCUT2D eigenvalue weighted by atomic mass is 10.1. The van der Waals surface area contributed by atoms with Crippen LogP contribution in [0, 0.1) is 6.92 Å². The van der Waals surface area contributed by atoms with E-state index in [9.17, 15) is 0 Å². The number of benzene rings is 2. The molecule has 0 unspecified atom stereocenters. The third kappa shape index (κ3) is 4.94. The molecule has 0 aliphatic carbocycles. The maximum atomic E-state index is 5.92. The van der Waals surface area contributed by atoms with Crippen LogP contribution in [-0.2, 0) is 13.0 Å². The first-order chi connectivity index (χ1) is 12.1. The number of anilines is 3. The standard InChI is InChI=1S/C20H21ClN4/c1-3-15-6-10-18(11-7-15)24-20-23-14(2)12-19(25-20)22-13-16-4-8-17(21)9-5-16/h4-12H,3,13H2,1-2H3,(H2,22,23,24,25).